The molecule has 0 amide bonds. The zero-order valence-electron chi connectivity index (χ0n) is 13.8. The Bertz CT molecular complexity index is 897. The fourth-order valence-corrected chi connectivity index (χ4v) is 2.75. The van der Waals surface area contributed by atoms with Crippen molar-refractivity contribution in [3.63, 3.8) is 0 Å². The van der Waals surface area contributed by atoms with Gasteiger partial charge in [0, 0.05) is 36.9 Å². The Balaban J connectivity index is 2.02. The molecule has 2 aromatic carbocycles. The van der Waals surface area contributed by atoms with Crippen LogP contribution in [0.4, 0.5) is 11.4 Å². The number of ketones is 1. The molecule has 1 unspecified atom stereocenters. The number of benzene rings is 2. The van der Waals surface area contributed by atoms with Crippen molar-refractivity contribution < 1.29 is 32.8 Å². The van der Waals surface area contributed by atoms with Crippen LogP contribution in [0.3, 0.4) is 0 Å². The Morgan fingerprint density at radius 1 is 0.963 bits per heavy atom. The molecule has 11 nitrogen and oxygen atoms in total. The van der Waals surface area contributed by atoms with Gasteiger partial charge >= 0.3 is 7.82 Å². The molecule has 12 heteroatoms. The second kappa shape index (κ2) is 8.49. The van der Waals surface area contributed by atoms with Gasteiger partial charge in [-0.3, -0.25) is 34.1 Å². The predicted molar refractivity (Wildman–Crippen MR) is 91.7 cm³/mol. The Kier molecular flexibility index (Phi) is 6.35. The summed E-state index contributed by atoms with van der Waals surface area (Å²) in [6.07, 6.45) is 0. The van der Waals surface area contributed by atoms with Gasteiger partial charge in [-0.2, -0.15) is 0 Å². The van der Waals surface area contributed by atoms with Gasteiger partial charge in [0.1, 0.15) is 12.4 Å². The average Bonchev–Trinajstić information content (AvgIpc) is 2.66. The lowest BCUT2D eigenvalue weighted by atomic mass is 10.1. The molecule has 0 aliphatic heterocycles. The first kappa shape index (κ1) is 20.2. The van der Waals surface area contributed by atoms with Crippen LogP contribution in [-0.4, -0.2) is 29.3 Å². The second-order valence-corrected chi connectivity index (χ2v) is 6.67. The third-order valence-corrected chi connectivity index (χ3v) is 4.57. The molecule has 0 saturated heterocycles. The molecular formula is C15H13N2O9P. The molecule has 0 aromatic heterocycles. The molecule has 2 aromatic rings. The van der Waals surface area contributed by atoms with Gasteiger partial charge in [0.2, 0.25) is 0 Å². The average molecular weight is 396 g/mol. The Morgan fingerprint density at radius 2 is 1.44 bits per heavy atom. The van der Waals surface area contributed by atoms with E-state index in [-0.39, 0.29) is 22.7 Å². The van der Waals surface area contributed by atoms with Crippen LogP contribution >= 0.6 is 7.82 Å². The van der Waals surface area contributed by atoms with E-state index in [2.05, 4.69) is 0 Å². The van der Waals surface area contributed by atoms with E-state index in [0.29, 0.717) is 0 Å². The highest BCUT2D eigenvalue weighted by Gasteiger charge is 2.28. The van der Waals surface area contributed by atoms with Crippen LogP contribution in [0.2, 0.25) is 0 Å². The minimum absolute atomic E-state index is 0.0198. The number of carbonyl (C=O) groups excluding carboxylic acids is 1. The number of phosphoric acid groups is 1. The van der Waals surface area contributed by atoms with E-state index in [0.717, 1.165) is 31.4 Å². The zero-order valence-corrected chi connectivity index (χ0v) is 14.7. The lowest BCUT2D eigenvalue weighted by Crippen LogP contribution is -2.10. The summed E-state index contributed by atoms with van der Waals surface area (Å²) in [5, 5.41) is 21.2. The van der Waals surface area contributed by atoms with E-state index in [1.54, 1.807) is 0 Å². The van der Waals surface area contributed by atoms with Crippen molar-refractivity contribution >= 4 is 25.0 Å². The monoisotopic (exact) mass is 396 g/mol. The van der Waals surface area contributed by atoms with Crippen molar-refractivity contribution in [1.29, 1.82) is 0 Å². The van der Waals surface area contributed by atoms with Crippen LogP contribution in [0, 0.1) is 20.2 Å². The first-order valence-electron chi connectivity index (χ1n) is 7.26. The van der Waals surface area contributed by atoms with Crippen molar-refractivity contribution in [2.24, 2.45) is 0 Å². The van der Waals surface area contributed by atoms with E-state index in [1.165, 1.54) is 24.3 Å². The molecule has 0 bridgehead atoms. The summed E-state index contributed by atoms with van der Waals surface area (Å²) in [7, 11) is -3.12. The van der Waals surface area contributed by atoms with Crippen LogP contribution < -0.4 is 4.52 Å². The van der Waals surface area contributed by atoms with Crippen LogP contribution in [0.15, 0.2) is 48.5 Å². The molecule has 0 aliphatic rings. The molecule has 0 saturated carbocycles. The number of hydrogen-bond acceptors (Lipinski definition) is 9. The highest BCUT2D eigenvalue weighted by atomic mass is 31.2. The van der Waals surface area contributed by atoms with Crippen molar-refractivity contribution in [1.82, 2.24) is 0 Å². The van der Waals surface area contributed by atoms with Gasteiger partial charge in [0.25, 0.3) is 11.4 Å². The first-order chi connectivity index (χ1) is 12.7. The minimum Gasteiger partial charge on any atom is -0.404 e. The van der Waals surface area contributed by atoms with Crippen molar-refractivity contribution in [3.8, 4) is 5.75 Å². The number of nitro groups is 2. The fraction of sp³-hybridized carbons (Fsp3) is 0.133. The fourth-order valence-electron chi connectivity index (χ4n) is 1.86. The highest BCUT2D eigenvalue weighted by Crippen LogP contribution is 2.48. The number of hydrogen-bond donors (Lipinski definition) is 0. The van der Waals surface area contributed by atoms with Crippen LogP contribution in [0.25, 0.3) is 0 Å². The number of nitro benzene ring substituents is 2. The van der Waals surface area contributed by atoms with Crippen LogP contribution in [0.5, 0.6) is 5.75 Å². The van der Waals surface area contributed by atoms with Gasteiger partial charge in [-0.05, 0) is 24.3 Å². The molecule has 0 spiro atoms. The number of Topliss-reactive ketones (excluding diaryl/α,β-unsaturated/α-hetero) is 1. The van der Waals surface area contributed by atoms with E-state index in [1.807, 2.05) is 0 Å². The van der Waals surface area contributed by atoms with Crippen molar-refractivity contribution in [2.45, 2.75) is 0 Å². The molecular weight excluding hydrogens is 383 g/mol. The number of rotatable bonds is 9. The summed E-state index contributed by atoms with van der Waals surface area (Å²) in [5.74, 6) is -0.622. The molecule has 0 N–H and O–H groups in total. The summed E-state index contributed by atoms with van der Waals surface area (Å²) >= 11 is 0. The molecule has 0 radical (unpaired) electrons. The Hall–Kier alpha value is -3.14. The third-order valence-electron chi connectivity index (χ3n) is 3.24. The normalized spacial score (nSPS) is 12.8. The maximum Gasteiger partial charge on any atom is 0.530 e. The van der Waals surface area contributed by atoms with Gasteiger partial charge in [0.05, 0.1) is 9.85 Å². The minimum atomic E-state index is -4.16. The molecule has 142 valence electrons. The molecule has 27 heavy (non-hydrogen) atoms. The highest BCUT2D eigenvalue weighted by molar-refractivity contribution is 7.48. The standard InChI is InChI=1S/C15H13N2O9P/c1-24-27(23,26-14-8-6-13(7-9-14)17(21)22)25-10-15(18)11-2-4-12(5-3-11)16(19)20/h2-9H,10H2,1H3. The Labute approximate surface area is 152 Å². The van der Waals surface area contributed by atoms with Gasteiger partial charge < -0.3 is 4.52 Å². The SMILES string of the molecule is COP(=O)(OCC(=O)c1ccc([N+](=O)[O-])cc1)Oc1ccc([N+](=O)[O-])cc1. The van der Waals surface area contributed by atoms with Gasteiger partial charge in [-0.15, -0.1) is 0 Å². The zero-order chi connectivity index (χ0) is 20.0. The van der Waals surface area contributed by atoms with E-state index >= 15 is 0 Å². The maximum absolute atomic E-state index is 12.4. The molecule has 1 atom stereocenters. The lowest BCUT2D eigenvalue weighted by molar-refractivity contribution is -0.385. The summed E-state index contributed by atoms with van der Waals surface area (Å²) in [4.78, 5) is 32.0. The van der Waals surface area contributed by atoms with Gasteiger partial charge in [-0.25, -0.2) is 4.57 Å². The van der Waals surface area contributed by atoms with Crippen molar-refractivity contribution in [3.05, 3.63) is 74.3 Å². The van der Waals surface area contributed by atoms with Gasteiger partial charge in [-0.1, -0.05) is 0 Å². The summed E-state index contributed by atoms with van der Waals surface area (Å²) in [6.45, 7) is -0.671. The quantitative estimate of drug-likeness (QED) is 0.268. The second-order valence-electron chi connectivity index (χ2n) is 4.97. The van der Waals surface area contributed by atoms with E-state index in [4.69, 9.17) is 13.6 Å². The third kappa shape index (κ3) is 5.42. The number of non-ortho nitro benzene ring substituents is 2. The van der Waals surface area contributed by atoms with Crippen molar-refractivity contribution in [2.75, 3.05) is 13.7 Å². The largest absolute Gasteiger partial charge is 0.530 e. The van der Waals surface area contributed by atoms with E-state index in [9.17, 15) is 29.6 Å². The molecule has 2 rings (SSSR count). The smallest absolute Gasteiger partial charge is 0.404 e. The number of carbonyl (C=O) groups is 1. The van der Waals surface area contributed by atoms with Gasteiger partial charge in [0.15, 0.2) is 5.78 Å². The number of phosphoric ester groups is 1. The topological polar surface area (TPSA) is 148 Å². The predicted octanol–water partition coefficient (Wildman–Crippen LogP) is 3.54. The summed E-state index contributed by atoms with van der Waals surface area (Å²) in [6, 6.07) is 9.44. The Morgan fingerprint density at radius 3 is 1.89 bits per heavy atom. The summed E-state index contributed by atoms with van der Waals surface area (Å²) in [5.41, 5.74) is -0.265. The van der Waals surface area contributed by atoms with Crippen LogP contribution in [-0.2, 0) is 13.6 Å². The maximum atomic E-state index is 12.4. The molecule has 0 fully saturated rings. The lowest BCUT2D eigenvalue weighted by Gasteiger charge is -2.16. The number of nitrogens with zero attached hydrogens (tertiary/aromatic N) is 2. The summed E-state index contributed by atoms with van der Waals surface area (Å²) < 4.78 is 27.1. The van der Waals surface area contributed by atoms with E-state index < -0.39 is 30.1 Å². The first-order valence-corrected chi connectivity index (χ1v) is 8.72. The molecule has 0 heterocycles. The van der Waals surface area contributed by atoms with Crippen LogP contribution in [0.1, 0.15) is 10.4 Å². The molecule has 0 aliphatic carbocycles.